The van der Waals surface area contributed by atoms with Gasteiger partial charge in [0.25, 0.3) is 0 Å². The van der Waals surface area contributed by atoms with Crippen LogP contribution in [0.25, 0.3) is 0 Å². The molecule has 6 nitrogen and oxygen atoms in total. The van der Waals surface area contributed by atoms with E-state index < -0.39 is 0 Å². The highest BCUT2D eigenvalue weighted by Crippen LogP contribution is 2.16. The Morgan fingerprint density at radius 3 is 2.36 bits per heavy atom. The SMILES string of the molecule is CCNC(=NCC(C)(C)N1CCOCC1)NCCN(CC)C(C)C.I. The van der Waals surface area contributed by atoms with E-state index in [0.29, 0.717) is 6.04 Å². The zero-order chi connectivity index (χ0) is 18.0. The predicted molar refractivity (Wildman–Crippen MR) is 118 cm³/mol. The molecular formula is C18H40IN5O. The van der Waals surface area contributed by atoms with Gasteiger partial charge in [-0.25, -0.2) is 0 Å². The van der Waals surface area contributed by atoms with Crippen molar-refractivity contribution < 1.29 is 4.74 Å². The van der Waals surface area contributed by atoms with E-state index in [0.717, 1.165) is 65.0 Å². The van der Waals surface area contributed by atoms with Crippen LogP contribution >= 0.6 is 24.0 Å². The van der Waals surface area contributed by atoms with Crippen molar-refractivity contribution in [1.29, 1.82) is 0 Å². The molecule has 0 saturated carbocycles. The van der Waals surface area contributed by atoms with Crippen molar-refractivity contribution in [3.05, 3.63) is 0 Å². The van der Waals surface area contributed by atoms with Gasteiger partial charge in [-0.3, -0.25) is 14.8 Å². The molecular weight excluding hydrogens is 429 g/mol. The van der Waals surface area contributed by atoms with E-state index in [1.165, 1.54) is 0 Å². The second-order valence-corrected chi connectivity index (χ2v) is 7.26. The van der Waals surface area contributed by atoms with E-state index in [2.05, 4.69) is 62.0 Å². The summed E-state index contributed by atoms with van der Waals surface area (Å²) < 4.78 is 5.46. The topological polar surface area (TPSA) is 52.1 Å². The van der Waals surface area contributed by atoms with Crippen LogP contribution in [0.3, 0.4) is 0 Å². The smallest absolute Gasteiger partial charge is 0.191 e. The van der Waals surface area contributed by atoms with Crippen LogP contribution in [0.4, 0.5) is 0 Å². The van der Waals surface area contributed by atoms with Gasteiger partial charge in [0.05, 0.1) is 19.8 Å². The minimum atomic E-state index is 0. The van der Waals surface area contributed by atoms with Gasteiger partial charge in [-0.2, -0.15) is 0 Å². The number of hydrogen-bond acceptors (Lipinski definition) is 4. The summed E-state index contributed by atoms with van der Waals surface area (Å²) in [5, 5.41) is 6.83. The number of morpholine rings is 1. The number of nitrogens with one attached hydrogen (secondary N) is 2. The molecule has 1 rings (SSSR count). The van der Waals surface area contributed by atoms with Gasteiger partial charge in [-0.15, -0.1) is 24.0 Å². The third-order valence-electron chi connectivity index (χ3n) is 4.66. The quantitative estimate of drug-likeness (QED) is 0.308. The van der Waals surface area contributed by atoms with Crippen LogP contribution in [0.5, 0.6) is 0 Å². The highest BCUT2D eigenvalue weighted by Gasteiger charge is 2.28. The number of nitrogens with zero attached hydrogens (tertiary/aromatic N) is 3. The van der Waals surface area contributed by atoms with Crippen LogP contribution < -0.4 is 10.6 Å². The maximum absolute atomic E-state index is 5.46. The Kier molecular flexibility index (Phi) is 13.0. The molecule has 1 saturated heterocycles. The van der Waals surface area contributed by atoms with Crippen LogP contribution in [-0.2, 0) is 4.74 Å². The first kappa shape index (κ1) is 24.9. The Balaban J connectivity index is 0.00000576. The van der Waals surface area contributed by atoms with E-state index in [1.807, 2.05) is 0 Å². The van der Waals surface area contributed by atoms with E-state index in [4.69, 9.17) is 9.73 Å². The first-order valence-electron chi connectivity index (χ1n) is 9.49. The molecule has 0 aromatic carbocycles. The highest BCUT2D eigenvalue weighted by molar-refractivity contribution is 14.0. The number of hydrogen-bond donors (Lipinski definition) is 2. The second-order valence-electron chi connectivity index (χ2n) is 7.26. The third kappa shape index (κ3) is 9.40. The number of halogens is 1. The van der Waals surface area contributed by atoms with Gasteiger partial charge in [0.15, 0.2) is 5.96 Å². The molecule has 2 N–H and O–H groups in total. The Labute approximate surface area is 172 Å². The zero-order valence-corrected chi connectivity index (χ0v) is 19.4. The molecule has 0 aromatic heterocycles. The standard InChI is InChI=1S/C18H39N5O.HI/c1-7-19-17(20-9-10-22(8-2)16(3)4)21-15-18(5,6)23-11-13-24-14-12-23;/h16H,7-15H2,1-6H3,(H2,19,20,21);1H. The van der Waals surface area contributed by atoms with Crippen molar-refractivity contribution in [3.8, 4) is 0 Å². The van der Waals surface area contributed by atoms with Gasteiger partial charge < -0.3 is 15.4 Å². The van der Waals surface area contributed by atoms with Crippen molar-refractivity contribution in [2.75, 3.05) is 59.0 Å². The molecule has 0 unspecified atom stereocenters. The minimum absolute atomic E-state index is 0. The number of aliphatic imine (C=N–C) groups is 1. The fourth-order valence-electron chi connectivity index (χ4n) is 2.98. The van der Waals surface area contributed by atoms with Crippen molar-refractivity contribution in [2.24, 2.45) is 4.99 Å². The Morgan fingerprint density at radius 1 is 1.20 bits per heavy atom. The summed E-state index contributed by atoms with van der Waals surface area (Å²) in [6.07, 6.45) is 0. The maximum Gasteiger partial charge on any atom is 0.191 e. The summed E-state index contributed by atoms with van der Waals surface area (Å²) >= 11 is 0. The summed E-state index contributed by atoms with van der Waals surface area (Å²) in [4.78, 5) is 9.75. The normalized spacial score (nSPS) is 16.9. The molecule has 0 aliphatic carbocycles. The molecule has 0 radical (unpaired) electrons. The lowest BCUT2D eigenvalue weighted by atomic mass is 10.0. The zero-order valence-electron chi connectivity index (χ0n) is 17.1. The van der Waals surface area contributed by atoms with Gasteiger partial charge in [0.2, 0.25) is 0 Å². The molecule has 1 aliphatic heterocycles. The lowest BCUT2D eigenvalue weighted by Gasteiger charge is -2.40. The molecule has 1 fully saturated rings. The summed E-state index contributed by atoms with van der Waals surface area (Å²) in [5.41, 5.74) is 0.0551. The molecule has 1 aliphatic rings. The number of rotatable bonds is 9. The minimum Gasteiger partial charge on any atom is -0.379 e. The molecule has 7 heteroatoms. The van der Waals surface area contributed by atoms with Crippen LogP contribution in [-0.4, -0.2) is 86.4 Å². The van der Waals surface area contributed by atoms with Crippen LogP contribution in [0, 0.1) is 0 Å². The molecule has 0 atom stereocenters. The lowest BCUT2D eigenvalue weighted by Crippen LogP contribution is -2.52. The average Bonchev–Trinajstić information content (AvgIpc) is 2.57. The van der Waals surface area contributed by atoms with Gasteiger partial charge in [-0.1, -0.05) is 6.92 Å². The third-order valence-corrected chi connectivity index (χ3v) is 4.66. The number of likely N-dealkylation sites (N-methyl/N-ethyl adjacent to an activating group) is 1. The highest BCUT2D eigenvalue weighted by atomic mass is 127. The molecule has 1 heterocycles. The number of ether oxygens (including phenoxy) is 1. The number of guanidine groups is 1. The maximum atomic E-state index is 5.46. The van der Waals surface area contributed by atoms with Crippen molar-refractivity contribution in [1.82, 2.24) is 20.4 Å². The lowest BCUT2D eigenvalue weighted by molar-refractivity contribution is -0.00683. The van der Waals surface area contributed by atoms with Gasteiger partial charge in [0.1, 0.15) is 0 Å². The van der Waals surface area contributed by atoms with Gasteiger partial charge in [0, 0.05) is 44.3 Å². The van der Waals surface area contributed by atoms with E-state index in [-0.39, 0.29) is 29.5 Å². The predicted octanol–water partition coefficient (Wildman–Crippen LogP) is 2.00. The Hall–Kier alpha value is -0.120. The van der Waals surface area contributed by atoms with Gasteiger partial charge >= 0.3 is 0 Å². The largest absolute Gasteiger partial charge is 0.379 e. The van der Waals surface area contributed by atoms with E-state index >= 15 is 0 Å². The molecule has 0 bridgehead atoms. The summed E-state index contributed by atoms with van der Waals surface area (Å²) in [6.45, 7) is 21.7. The van der Waals surface area contributed by atoms with Crippen molar-refractivity contribution in [3.63, 3.8) is 0 Å². The van der Waals surface area contributed by atoms with E-state index in [9.17, 15) is 0 Å². The Morgan fingerprint density at radius 2 is 1.84 bits per heavy atom. The summed E-state index contributed by atoms with van der Waals surface area (Å²) in [5.74, 6) is 0.915. The first-order chi connectivity index (χ1) is 11.4. The fraction of sp³-hybridized carbons (Fsp3) is 0.944. The van der Waals surface area contributed by atoms with Crippen LogP contribution in [0.1, 0.15) is 41.5 Å². The van der Waals surface area contributed by atoms with Crippen LogP contribution in [0.2, 0.25) is 0 Å². The van der Waals surface area contributed by atoms with E-state index in [1.54, 1.807) is 0 Å². The summed E-state index contributed by atoms with van der Waals surface area (Å²) in [6, 6.07) is 0.580. The average molecular weight is 469 g/mol. The molecule has 0 amide bonds. The second kappa shape index (κ2) is 13.1. The summed E-state index contributed by atoms with van der Waals surface area (Å²) in [7, 11) is 0. The molecule has 25 heavy (non-hydrogen) atoms. The first-order valence-corrected chi connectivity index (χ1v) is 9.49. The van der Waals surface area contributed by atoms with Crippen LogP contribution in [0.15, 0.2) is 4.99 Å². The van der Waals surface area contributed by atoms with Gasteiger partial charge in [-0.05, 0) is 41.2 Å². The molecule has 150 valence electrons. The fourth-order valence-corrected chi connectivity index (χ4v) is 2.98. The Bertz CT molecular complexity index is 370. The van der Waals surface area contributed by atoms with Crippen molar-refractivity contribution >= 4 is 29.9 Å². The monoisotopic (exact) mass is 469 g/mol. The molecule has 0 spiro atoms. The molecule has 0 aromatic rings. The van der Waals surface area contributed by atoms with Crippen molar-refractivity contribution in [2.45, 2.75) is 53.1 Å².